The molecule has 1 nitrogen and oxygen atoms in total. The fourth-order valence-corrected chi connectivity index (χ4v) is 3.70. The monoisotopic (exact) mass is 142 g/mol. The van der Waals surface area contributed by atoms with Gasteiger partial charge in [0.2, 0.25) is 0 Å². The van der Waals surface area contributed by atoms with Gasteiger partial charge in [0.25, 0.3) is 0 Å². The summed E-state index contributed by atoms with van der Waals surface area (Å²) in [6.45, 7) is 7.00. The zero-order valence-electron chi connectivity index (χ0n) is 6.35. The van der Waals surface area contributed by atoms with Crippen molar-refractivity contribution in [2.75, 3.05) is 0 Å². The highest BCUT2D eigenvalue weighted by Crippen LogP contribution is 2.50. The normalized spacial score (nSPS) is 34.1. The molecule has 0 radical (unpaired) electrons. The number of hydrogen-bond acceptors (Lipinski definition) is 1. The maximum Gasteiger partial charge on any atom is 0.123 e. The summed E-state index contributed by atoms with van der Waals surface area (Å²) < 4.78 is 0. The van der Waals surface area contributed by atoms with Gasteiger partial charge in [0.1, 0.15) is 6.29 Å². The first-order chi connectivity index (χ1) is 4.05. The van der Waals surface area contributed by atoms with Crippen molar-refractivity contribution < 1.29 is 4.79 Å². The summed E-state index contributed by atoms with van der Waals surface area (Å²) in [5.41, 5.74) is 0.801. The molecule has 2 atom stereocenters. The molecule has 2 heteroatoms. The van der Waals surface area contributed by atoms with E-state index >= 15 is 0 Å². The van der Waals surface area contributed by atoms with E-state index in [9.17, 15) is 4.79 Å². The number of aldehydes is 1. The maximum absolute atomic E-state index is 10.2. The molecule has 0 bridgehead atoms. The second kappa shape index (κ2) is 1.94. The van der Waals surface area contributed by atoms with Crippen molar-refractivity contribution in [3.8, 4) is 0 Å². The molecule has 0 aromatic carbocycles. The zero-order valence-corrected chi connectivity index (χ0v) is 7.35. The van der Waals surface area contributed by atoms with Crippen molar-refractivity contribution in [3.05, 3.63) is 0 Å². The van der Waals surface area contributed by atoms with E-state index in [-0.39, 0.29) is 0 Å². The number of carbonyl (C=O) groups excluding carboxylic acids is 1. The predicted octanol–water partition coefficient (Wildman–Crippen LogP) is 1.91. The summed E-state index contributed by atoms with van der Waals surface area (Å²) in [6, 6.07) is 0. The molecule has 0 aromatic rings. The third-order valence-corrected chi connectivity index (χ3v) is 5.02. The van der Waals surface area contributed by atoms with E-state index in [1.165, 1.54) is 6.42 Å². The number of rotatable bonds is 2. The first kappa shape index (κ1) is 7.00. The van der Waals surface area contributed by atoms with Gasteiger partial charge in [0.05, 0.1) is 0 Å². The molecule has 0 saturated heterocycles. The van der Waals surface area contributed by atoms with Crippen LogP contribution in [-0.4, -0.2) is 14.4 Å². The Morgan fingerprint density at radius 2 is 2.00 bits per heavy atom. The minimum absolute atomic E-state index is 0.441. The van der Waals surface area contributed by atoms with Crippen molar-refractivity contribution >= 4 is 14.4 Å². The van der Waals surface area contributed by atoms with E-state index in [0.717, 1.165) is 11.8 Å². The highest BCUT2D eigenvalue weighted by molar-refractivity contribution is 6.78. The average molecular weight is 142 g/mol. The second-order valence-corrected chi connectivity index (χ2v) is 9.48. The van der Waals surface area contributed by atoms with Gasteiger partial charge in [0.15, 0.2) is 0 Å². The predicted molar refractivity (Wildman–Crippen MR) is 41.3 cm³/mol. The van der Waals surface area contributed by atoms with Gasteiger partial charge in [-0.1, -0.05) is 19.6 Å². The average Bonchev–Trinajstić information content (AvgIpc) is 2.39. The lowest BCUT2D eigenvalue weighted by atomic mass is 10.5. The Balaban J connectivity index is 2.42. The van der Waals surface area contributed by atoms with Crippen LogP contribution in [0, 0.1) is 5.92 Å². The van der Waals surface area contributed by atoms with E-state index < -0.39 is 8.07 Å². The molecule has 0 unspecified atom stereocenters. The summed E-state index contributed by atoms with van der Waals surface area (Å²) in [6.07, 6.45) is 2.31. The summed E-state index contributed by atoms with van der Waals surface area (Å²) in [4.78, 5) is 10.2. The maximum atomic E-state index is 10.2. The summed E-state index contributed by atoms with van der Waals surface area (Å²) in [5.74, 6) is 0.441. The summed E-state index contributed by atoms with van der Waals surface area (Å²) in [7, 11) is -0.939. The van der Waals surface area contributed by atoms with Crippen LogP contribution in [0.2, 0.25) is 25.2 Å². The topological polar surface area (TPSA) is 17.1 Å². The molecule has 1 aliphatic carbocycles. The van der Waals surface area contributed by atoms with Gasteiger partial charge < -0.3 is 4.79 Å². The molecule has 0 aromatic heterocycles. The second-order valence-electron chi connectivity index (χ2n) is 4.01. The van der Waals surface area contributed by atoms with E-state index in [1.54, 1.807) is 0 Å². The SMILES string of the molecule is C[Si](C)(C)[C@@H]1C[C@@H]1C=O. The molecule has 52 valence electrons. The minimum atomic E-state index is -0.939. The van der Waals surface area contributed by atoms with Crippen LogP contribution in [0.1, 0.15) is 6.42 Å². The Kier molecular flexibility index (Phi) is 1.51. The molecule has 0 aliphatic heterocycles. The van der Waals surface area contributed by atoms with Crippen molar-refractivity contribution in [1.29, 1.82) is 0 Å². The van der Waals surface area contributed by atoms with Crippen molar-refractivity contribution in [2.24, 2.45) is 5.92 Å². The third-order valence-electron chi connectivity index (χ3n) is 2.13. The Hall–Kier alpha value is -0.113. The van der Waals surface area contributed by atoms with E-state index in [4.69, 9.17) is 0 Å². The standard InChI is InChI=1S/C7H14OSi/c1-9(2,3)7-4-6(7)5-8/h5-7H,4H2,1-3H3/t6-,7-/m1/s1. The van der Waals surface area contributed by atoms with Gasteiger partial charge in [-0.2, -0.15) is 0 Å². The zero-order chi connectivity index (χ0) is 7.07. The lowest BCUT2D eigenvalue weighted by Gasteiger charge is -2.13. The van der Waals surface area contributed by atoms with E-state index in [1.807, 2.05) is 0 Å². The van der Waals surface area contributed by atoms with E-state index in [2.05, 4.69) is 19.6 Å². The van der Waals surface area contributed by atoms with Gasteiger partial charge in [-0.05, 0) is 12.0 Å². The number of hydrogen-bond donors (Lipinski definition) is 0. The van der Waals surface area contributed by atoms with E-state index in [0.29, 0.717) is 5.92 Å². The van der Waals surface area contributed by atoms with Crippen LogP contribution in [0.25, 0.3) is 0 Å². The molecule has 0 amide bonds. The Labute approximate surface area is 57.5 Å². The van der Waals surface area contributed by atoms with Gasteiger partial charge in [-0.15, -0.1) is 0 Å². The van der Waals surface area contributed by atoms with Gasteiger partial charge in [-0.3, -0.25) is 0 Å². The van der Waals surface area contributed by atoms with Crippen LogP contribution >= 0.6 is 0 Å². The third kappa shape index (κ3) is 1.42. The van der Waals surface area contributed by atoms with Crippen LogP contribution in [0.5, 0.6) is 0 Å². The fourth-order valence-electron chi connectivity index (χ4n) is 1.36. The molecular weight excluding hydrogens is 128 g/mol. The van der Waals surface area contributed by atoms with Crippen molar-refractivity contribution in [3.63, 3.8) is 0 Å². The first-order valence-electron chi connectivity index (χ1n) is 3.51. The molecule has 1 fully saturated rings. The molecule has 1 saturated carbocycles. The summed E-state index contributed by atoms with van der Waals surface area (Å²) in [5, 5.41) is 0. The van der Waals surface area contributed by atoms with Gasteiger partial charge in [-0.25, -0.2) is 0 Å². The lowest BCUT2D eigenvalue weighted by molar-refractivity contribution is -0.108. The number of carbonyl (C=O) groups is 1. The van der Waals surface area contributed by atoms with Gasteiger partial charge in [0, 0.05) is 14.0 Å². The minimum Gasteiger partial charge on any atom is -0.303 e. The fraction of sp³-hybridized carbons (Fsp3) is 0.857. The smallest absolute Gasteiger partial charge is 0.123 e. The van der Waals surface area contributed by atoms with Crippen molar-refractivity contribution in [2.45, 2.75) is 31.6 Å². The Bertz CT molecular complexity index is 125. The van der Waals surface area contributed by atoms with Crippen LogP contribution in [0.15, 0.2) is 0 Å². The van der Waals surface area contributed by atoms with Crippen LogP contribution in [-0.2, 0) is 4.79 Å². The van der Waals surface area contributed by atoms with Crippen LogP contribution in [0.3, 0.4) is 0 Å². The highest BCUT2D eigenvalue weighted by atomic mass is 28.3. The quantitative estimate of drug-likeness (QED) is 0.425. The molecule has 0 N–H and O–H groups in total. The Morgan fingerprint density at radius 1 is 1.44 bits per heavy atom. The highest BCUT2D eigenvalue weighted by Gasteiger charge is 2.45. The molecule has 1 aliphatic rings. The molecule has 9 heavy (non-hydrogen) atoms. The molecule has 0 heterocycles. The first-order valence-corrected chi connectivity index (χ1v) is 7.08. The van der Waals surface area contributed by atoms with Gasteiger partial charge >= 0.3 is 0 Å². The molecular formula is C7H14OSi. The lowest BCUT2D eigenvalue weighted by Crippen LogP contribution is -2.20. The van der Waals surface area contributed by atoms with Crippen LogP contribution in [0.4, 0.5) is 0 Å². The Morgan fingerprint density at radius 3 is 2.11 bits per heavy atom. The van der Waals surface area contributed by atoms with Crippen molar-refractivity contribution in [1.82, 2.24) is 0 Å². The summed E-state index contributed by atoms with van der Waals surface area (Å²) >= 11 is 0. The molecule has 1 rings (SSSR count). The van der Waals surface area contributed by atoms with Crippen LogP contribution < -0.4 is 0 Å². The largest absolute Gasteiger partial charge is 0.303 e. The molecule has 0 spiro atoms.